The summed E-state index contributed by atoms with van der Waals surface area (Å²) in [6, 6.07) is 5.56. The van der Waals surface area contributed by atoms with Crippen molar-refractivity contribution in [2.75, 3.05) is 4.90 Å². The van der Waals surface area contributed by atoms with Crippen molar-refractivity contribution >= 4 is 40.8 Å². The average Bonchev–Trinajstić information content (AvgIpc) is 2.50. The molecule has 1 aromatic carbocycles. The minimum atomic E-state index is -0.599. The normalized spacial score (nSPS) is 19.6. The monoisotopic (exact) mass is 364 g/mol. The summed E-state index contributed by atoms with van der Waals surface area (Å²) in [6.45, 7) is 0. The third-order valence-electron chi connectivity index (χ3n) is 4.43. The van der Waals surface area contributed by atoms with Crippen LogP contribution in [0.4, 0.5) is 5.69 Å². The highest BCUT2D eigenvalue weighted by Crippen LogP contribution is 2.45. The second kappa shape index (κ2) is 6.50. The Balaban J connectivity index is 2.12. The Bertz CT molecular complexity index is 735. The molecule has 0 amide bonds. The summed E-state index contributed by atoms with van der Waals surface area (Å²) in [5.74, 6) is 0.417. The summed E-state index contributed by atoms with van der Waals surface area (Å²) in [6.07, 6.45) is 5.02. The highest BCUT2D eigenvalue weighted by Gasteiger charge is 2.44. The number of nitriles is 1. The topological polar surface area (TPSA) is 104 Å². The first-order valence-corrected chi connectivity index (χ1v) is 8.57. The number of nitrogens with two attached hydrogens (primary N) is 2. The SMILES string of the molecule is N#CCc1cc(Cl)c(N2C(N)=NC(N)=NC23CCCCC3)c(Cl)c1. The third-order valence-corrected chi connectivity index (χ3v) is 5.01. The summed E-state index contributed by atoms with van der Waals surface area (Å²) in [5, 5.41) is 9.72. The number of rotatable bonds is 2. The summed E-state index contributed by atoms with van der Waals surface area (Å²) in [4.78, 5) is 10.5. The maximum absolute atomic E-state index is 8.87. The van der Waals surface area contributed by atoms with Crippen LogP contribution in [0.15, 0.2) is 22.1 Å². The predicted octanol–water partition coefficient (Wildman–Crippen LogP) is 3.17. The largest absolute Gasteiger partial charge is 0.369 e. The molecule has 1 heterocycles. The van der Waals surface area contributed by atoms with Crippen LogP contribution in [0, 0.1) is 11.3 Å². The molecule has 0 atom stereocenters. The molecule has 0 bridgehead atoms. The van der Waals surface area contributed by atoms with Crippen LogP contribution in [0.2, 0.25) is 10.0 Å². The fourth-order valence-corrected chi connectivity index (χ4v) is 4.17. The van der Waals surface area contributed by atoms with Crippen molar-refractivity contribution in [2.24, 2.45) is 21.5 Å². The summed E-state index contributed by atoms with van der Waals surface area (Å²) in [7, 11) is 0. The van der Waals surface area contributed by atoms with Gasteiger partial charge in [-0.3, -0.25) is 4.90 Å². The lowest BCUT2D eigenvalue weighted by Gasteiger charge is -2.46. The molecule has 1 spiro atoms. The smallest absolute Gasteiger partial charge is 0.220 e. The highest BCUT2D eigenvalue weighted by molar-refractivity contribution is 6.40. The molecule has 1 aromatic rings. The molecule has 6 nitrogen and oxygen atoms in total. The average molecular weight is 365 g/mol. The van der Waals surface area contributed by atoms with E-state index >= 15 is 0 Å². The van der Waals surface area contributed by atoms with Crippen LogP contribution in [0.1, 0.15) is 37.7 Å². The maximum Gasteiger partial charge on any atom is 0.220 e. The molecule has 0 unspecified atom stereocenters. The molecule has 0 aromatic heterocycles. The summed E-state index contributed by atoms with van der Waals surface area (Å²) in [5.41, 5.74) is 12.8. The van der Waals surface area contributed by atoms with Crippen LogP contribution in [-0.4, -0.2) is 17.6 Å². The molecule has 8 heteroatoms. The molecule has 126 valence electrons. The van der Waals surface area contributed by atoms with E-state index in [0.717, 1.165) is 37.7 Å². The molecule has 24 heavy (non-hydrogen) atoms. The fourth-order valence-electron chi connectivity index (χ4n) is 3.47. The number of guanidine groups is 2. The second-order valence-electron chi connectivity index (χ2n) is 6.06. The predicted molar refractivity (Wildman–Crippen MR) is 97.3 cm³/mol. The van der Waals surface area contributed by atoms with E-state index < -0.39 is 5.66 Å². The van der Waals surface area contributed by atoms with Gasteiger partial charge in [-0.1, -0.05) is 29.6 Å². The molecule has 1 saturated carbocycles. The first-order chi connectivity index (χ1) is 11.5. The fraction of sp³-hybridized carbons (Fsp3) is 0.438. The summed E-state index contributed by atoms with van der Waals surface area (Å²) < 4.78 is 0. The lowest BCUT2D eigenvalue weighted by molar-refractivity contribution is 0.305. The van der Waals surface area contributed by atoms with Gasteiger partial charge in [-0.25, -0.2) is 4.99 Å². The molecule has 0 saturated heterocycles. The number of hydrogen-bond donors (Lipinski definition) is 2. The minimum absolute atomic E-state index is 0.180. The van der Waals surface area contributed by atoms with E-state index in [1.54, 1.807) is 12.1 Å². The van der Waals surface area contributed by atoms with Gasteiger partial charge in [0, 0.05) is 0 Å². The Morgan fingerprint density at radius 3 is 2.38 bits per heavy atom. The van der Waals surface area contributed by atoms with Gasteiger partial charge < -0.3 is 11.5 Å². The lowest BCUT2D eigenvalue weighted by atomic mass is 9.87. The number of hydrogen-bond acceptors (Lipinski definition) is 6. The van der Waals surface area contributed by atoms with E-state index in [-0.39, 0.29) is 18.3 Å². The van der Waals surface area contributed by atoms with Crippen LogP contribution in [-0.2, 0) is 6.42 Å². The molecule has 2 aliphatic rings. The van der Waals surface area contributed by atoms with Gasteiger partial charge in [-0.05, 0) is 43.4 Å². The van der Waals surface area contributed by atoms with Crippen LogP contribution >= 0.6 is 23.2 Å². The van der Waals surface area contributed by atoms with Gasteiger partial charge in [0.2, 0.25) is 11.9 Å². The molecule has 3 rings (SSSR count). The molecule has 1 aliphatic carbocycles. The maximum atomic E-state index is 8.87. The standard InChI is InChI=1S/C16H18Cl2N6/c17-11-8-10(4-7-19)9-12(18)13(11)24-15(21)22-14(20)23-16(24)5-2-1-3-6-16/h8-9H,1-6H2,(H4,20,21,22,23). The van der Waals surface area contributed by atoms with Crippen molar-refractivity contribution < 1.29 is 0 Å². The highest BCUT2D eigenvalue weighted by atomic mass is 35.5. The van der Waals surface area contributed by atoms with Crippen molar-refractivity contribution in [1.29, 1.82) is 5.26 Å². The Labute approximate surface area is 150 Å². The van der Waals surface area contributed by atoms with Gasteiger partial charge >= 0.3 is 0 Å². The first-order valence-electron chi connectivity index (χ1n) is 7.81. The van der Waals surface area contributed by atoms with Crippen LogP contribution in [0.5, 0.6) is 0 Å². The van der Waals surface area contributed by atoms with E-state index in [9.17, 15) is 0 Å². The molecular formula is C16H18Cl2N6. The van der Waals surface area contributed by atoms with Crippen LogP contribution in [0.3, 0.4) is 0 Å². The van der Waals surface area contributed by atoms with Crippen molar-refractivity contribution in [1.82, 2.24) is 0 Å². The second-order valence-corrected chi connectivity index (χ2v) is 6.88. The number of aliphatic imine (C=N–C) groups is 2. The zero-order chi connectivity index (χ0) is 17.3. The Morgan fingerprint density at radius 2 is 1.79 bits per heavy atom. The van der Waals surface area contributed by atoms with E-state index in [4.69, 9.17) is 39.9 Å². The third kappa shape index (κ3) is 2.90. The number of halogens is 2. The van der Waals surface area contributed by atoms with Gasteiger partial charge in [-0.2, -0.15) is 10.3 Å². The van der Waals surface area contributed by atoms with E-state index in [1.165, 1.54) is 0 Å². The Kier molecular flexibility index (Phi) is 4.57. The zero-order valence-corrected chi connectivity index (χ0v) is 14.6. The Hall–Kier alpha value is -1.97. The molecule has 0 radical (unpaired) electrons. The summed E-state index contributed by atoms with van der Waals surface area (Å²) >= 11 is 13.0. The number of anilines is 1. The first kappa shape index (κ1) is 16.9. The molecule has 4 N–H and O–H groups in total. The lowest BCUT2D eigenvalue weighted by Crippen LogP contribution is -2.58. The van der Waals surface area contributed by atoms with E-state index in [0.29, 0.717) is 15.7 Å². The number of nitrogens with zero attached hydrogens (tertiary/aromatic N) is 4. The van der Waals surface area contributed by atoms with Crippen molar-refractivity contribution in [2.45, 2.75) is 44.2 Å². The van der Waals surface area contributed by atoms with Gasteiger partial charge in [0.05, 0.1) is 28.2 Å². The zero-order valence-electron chi connectivity index (χ0n) is 13.1. The van der Waals surface area contributed by atoms with Crippen LogP contribution in [0.25, 0.3) is 0 Å². The molecular weight excluding hydrogens is 347 g/mol. The Morgan fingerprint density at radius 1 is 1.17 bits per heavy atom. The van der Waals surface area contributed by atoms with Crippen molar-refractivity contribution in [3.63, 3.8) is 0 Å². The van der Waals surface area contributed by atoms with Gasteiger partial charge in [0.25, 0.3) is 0 Å². The quantitative estimate of drug-likeness (QED) is 0.840. The van der Waals surface area contributed by atoms with Gasteiger partial charge in [0.1, 0.15) is 5.66 Å². The van der Waals surface area contributed by atoms with Gasteiger partial charge in [0.15, 0.2) is 0 Å². The van der Waals surface area contributed by atoms with E-state index in [1.807, 2.05) is 4.90 Å². The minimum Gasteiger partial charge on any atom is -0.369 e. The number of benzene rings is 1. The van der Waals surface area contributed by atoms with Gasteiger partial charge in [-0.15, -0.1) is 0 Å². The van der Waals surface area contributed by atoms with E-state index in [2.05, 4.69) is 16.1 Å². The molecule has 1 aliphatic heterocycles. The van der Waals surface area contributed by atoms with Crippen molar-refractivity contribution in [3.05, 3.63) is 27.7 Å². The molecule has 1 fully saturated rings. The van der Waals surface area contributed by atoms with Crippen LogP contribution < -0.4 is 16.4 Å². The van der Waals surface area contributed by atoms with Crippen molar-refractivity contribution in [3.8, 4) is 6.07 Å².